The van der Waals surface area contributed by atoms with Crippen LogP contribution in [0.25, 0.3) is 16.6 Å². The number of nitrogens with zero attached hydrogens (tertiary/aromatic N) is 3. The molecule has 0 N–H and O–H groups in total. The molecule has 2 aliphatic rings. The summed E-state index contributed by atoms with van der Waals surface area (Å²) in [7, 11) is 2.04. The van der Waals surface area contributed by atoms with E-state index in [1.165, 1.54) is 5.57 Å². The van der Waals surface area contributed by atoms with Gasteiger partial charge in [0.15, 0.2) is 0 Å². The predicted octanol–water partition coefficient (Wildman–Crippen LogP) is 4.73. The molecule has 1 aromatic carbocycles. The smallest absolute Gasteiger partial charge is 0.376 e. The summed E-state index contributed by atoms with van der Waals surface area (Å²) in [6.45, 7) is 2.18. The Labute approximate surface area is 162 Å². The van der Waals surface area contributed by atoms with Crippen LogP contribution in [0, 0.1) is 0 Å². The van der Waals surface area contributed by atoms with Gasteiger partial charge in [-0.05, 0) is 43.0 Å². The summed E-state index contributed by atoms with van der Waals surface area (Å²) in [4.78, 5) is 6.90. The number of alkyl halides is 3. The van der Waals surface area contributed by atoms with Crippen LogP contribution in [0.15, 0.2) is 36.0 Å². The summed E-state index contributed by atoms with van der Waals surface area (Å²) < 4.78 is 43.9. The fourth-order valence-electron chi connectivity index (χ4n) is 3.74. The Bertz CT molecular complexity index is 938. The first-order valence-electron chi connectivity index (χ1n) is 9.54. The minimum absolute atomic E-state index is 0.0133. The summed E-state index contributed by atoms with van der Waals surface area (Å²) in [6, 6.07) is 6.15. The number of rotatable bonds is 6. The van der Waals surface area contributed by atoms with Gasteiger partial charge in [-0.25, -0.2) is 4.98 Å². The molecule has 0 radical (unpaired) electrons. The third-order valence-electron chi connectivity index (χ3n) is 5.04. The monoisotopic (exact) mass is 391 g/mol. The van der Waals surface area contributed by atoms with Crippen molar-refractivity contribution in [3.8, 4) is 0 Å². The largest absolute Gasteiger partial charge is 0.411 e. The molecule has 0 bridgehead atoms. The summed E-state index contributed by atoms with van der Waals surface area (Å²) in [5.74, 6) is 1.37. The quantitative estimate of drug-likeness (QED) is 0.667. The first-order chi connectivity index (χ1) is 13.3. The molecular weight excluding hydrogens is 367 g/mol. The molecular formula is C21H24F3N3O. The summed E-state index contributed by atoms with van der Waals surface area (Å²) in [5.41, 5.74) is 5.33. The summed E-state index contributed by atoms with van der Waals surface area (Å²) in [6.07, 6.45) is 2.15. The second-order valence-corrected chi connectivity index (χ2v) is 7.76. The second-order valence-electron chi connectivity index (χ2n) is 7.76. The second kappa shape index (κ2) is 7.28. The molecule has 0 atom stereocenters. The molecule has 150 valence electrons. The fraction of sp³-hybridized carbons (Fsp3) is 0.476. The van der Waals surface area contributed by atoms with Gasteiger partial charge in [0.25, 0.3) is 0 Å². The Balaban J connectivity index is 1.64. The average Bonchev–Trinajstić information content (AvgIpc) is 3.39. The highest BCUT2D eigenvalue weighted by molar-refractivity contribution is 5.84. The Morgan fingerprint density at radius 1 is 1.25 bits per heavy atom. The number of allylic oxidation sites excluding steroid dienone is 2. The van der Waals surface area contributed by atoms with Crippen LogP contribution < -0.4 is 0 Å². The molecule has 4 nitrogen and oxygen atoms in total. The van der Waals surface area contributed by atoms with Gasteiger partial charge in [-0.2, -0.15) is 13.2 Å². The molecule has 0 amide bonds. The molecule has 0 saturated heterocycles. The van der Waals surface area contributed by atoms with E-state index in [1.807, 2.05) is 17.7 Å². The number of aromatic nitrogens is 2. The molecule has 1 aliphatic heterocycles. The third-order valence-corrected chi connectivity index (χ3v) is 5.04. The van der Waals surface area contributed by atoms with E-state index in [4.69, 9.17) is 9.72 Å². The molecule has 7 heteroatoms. The van der Waals surface area contributed by atoms with Gasteiger partial charge < -0.3 is 14.2 Å². The van der Waals surface area contributed by atoms with Crippen molar-refractivity contribution >= 4 is 16.6 Å². The van der Waals surface area contributed by atoms with Gasteiger partial charge >= 0.3 is 6.18 Å². The standard InChI is InChI=1S/C21H24F3N3O/c1-14-9-17(12-26(2)11-14)16-5-6-18-19(10-16)27(20(25-18)15-3-4-15)7-8-28-13-21(22,23)24/h5-6,9-10,12,15H,3-4,7-8,11,13H2,1-2H3. The average molecular weight is 391 g/mol. The first-order valence-corrected chi connectivity index (χ1v) is 9.54. The minimum atomic E-state index is -4.30. The van der Waals surface area contributed by atoms with Gasteiger partial charge in [0, 0.05) is 32.3 Å². The van der Waals surface area contributed by atoms with Crippen molar-refractivity contribution in [1.82, 2.24) is 14.5 Å². The summed E-state index contributed by atoms with van der Waals surface area (Å²) >= 11 is 0. The molecule has 1 aliphatic carbocycles. The zero-order chi connectivity index (χ0) is 19.9. The van der Waals surface area contributed by atoms with Crippen LogP contribution in [0.3, 0.4) is 0 Å². The third kappa shape index (κ3) is 4.24. The number of ether oxygens (including phenoxy) is 1. The normalized spacial score (nSPS) is 17.8. The van der Waals surface area contributed by atoms with Gasteiger partial charge in [0.05, 0.1) is 17.6 Å². The van der Waals surface area contributed by atoms with E-state index in [0.29, 0.717) is 12.5 Å². The first kappa shape index (κ1) is 19.1. The van der Waals surface area contributed by atoms with Gasteiger partial charge in [-0.3, -0.25) is 0 Å². The van der Waals surface area contributed by atoms with E-state index in [0.717, 1.165) is 47.4 Å². The Morgan fingerprint density at radius 2 is 2.04 bits per heavy atom. The minimum Gasteiger partial charge on any atom is -0.376 e. The van der Waals surface area contributed by atoms with Crippen molar-refractivity contribution in [2.75, 3.05) is 26.8 Å². The highest BCUT2D eigenvalue weighted by atomic mass is 19.4. The molecule has 2 heterocycles. The number of hydrogen-bond acceptors (Lipinski definition) is 3. The SMILES string of the molecule is CC1=CC(c2ccc3nc(C4CC4)n(CCOCC(F)(F)F)c3c2)=CN(C)C1. The lowest BCUT2D eigenvalue weighted by Crippen LogP contribution is -2.19. The Hall–Kier alpha value is -2.28. The van der Waals surface area contributed by atoms with Crippen molar-refractivity contribution in [2.24, 2.45) is 0 Å². The highest BCUT2D eigenvalue weighted by Gasteiger charge is 2.30. The van der Waals surface area contributed by atoms with Crippen molar-refractivity contribution < 1.29 is 17.9 Å². The van der Waals surface area contributed by atoms with Crippen LogP contribution in [0.2, 0.25) is 0 Å². The van der Waals surface area contributed by atoms with Crippen LogP contribution in [-0.2, 0) is 11.3 Å². The van der Waals surface area contributed by atoms with Crippen molar-refractivity contribution in [3.63, 3.8) is 0 Å². The molecule has 0 spiro atoms. The van der Waals surface area contributed by atoms with Gasteiger partial charge in [0.2, 0.25) is 0 Å². The van der Waals surface area contributed by atoms with Crippen LogP contribution in [0.5, 0.6) is 0 Å². The zero-order valence-electron chi connectivity index (χ0n) is 16.1. The van der Waals surface area contributed by atoms with E-state index < -0.39 is 12.8 Å². The molecule has 0 unspecified atom stereocenters. The number of likely N-dealkylation sites (N-methyl/N-ethyl adjacent to an activating group) is 1. The maximum absolute atomic E-state index is 12.4. The van der Waals surface area contributed by atoms with Crippen molar-refractivity contribution in [1.29, 1.82) is 0 Å². The predicted molar refractivity (Wildman–Crippen MR) is 103 cm³/mol. The highest BCUT2D eigenvalue weighted by Crippen LogP contribution is 2.41. The molecule has 1 saturated carbocycles. The lowest BCUT2D eigenvalue weighted by Gasteiger charge is -2.21. The number of hydrogen-bond donors (Lipinski definition) is 0. The summed E-state index contributed by atoms with van der Waals surface area (Å²) in [5, 5.41) is 0. The maximum Gasteiger partial charge on any atom is 0.411 e. The van der Waals surface area contributed by atoms with Crippen LogP contribution >= 0.6 is 0 Å². The van der Waals surface area contributed by atoms with Crippen molar-refractivity contribution in [2.45, 2.75) is 38.4 Å². The zero-order valence-corrected chi connectivity index (χ0v) is 16.1. The fourth-order valence-corrected chi connectivity index (χ4v) is 3.74. The van der Waals surface area contributed by atoms with Crippen LogP contribution in [-0.4, -0.2) is 47.4 Å². The van der Waals surface area contributed by atoms with Gasteiger partial charge in [-0.15, -0.1) is 0 Å². The number of fused-ring (bicyclic) bond motifs is 1. The molecule has 28 heavy (non-hydrogen) atoms. The molecule has 1 fully saturated rings. The maximum atomic E-state index is 12.4. The molecule has 4 rings (SSSR count). The number of halogens is 3. The topological polar surface area (TPSA) is 30.3 Å². The number of benzene rings is 1. The van der Waals surface area contributed by atoms with E-state index >= 15 is 0 Å². The number of imidazole rings is 1. The lowest BCUT2D eigenvalue weighted by molar-refractivity contribution is -0.174. The Morgan fingerprint density at radius 3 is 2.71 bits per heavy atom. The van der Waals surface area contributed by atoms with E-state index in [2.05, 4.69) is 36.2 Å². The van der Waals surface area contributed by atoms with Crippen LogP contribution in [0.1, 0.15) is 37.1 Å². The van der Waals surface area contributed by atoms with Gasteiger partial charge in [0.1, 0.15) is 12.4 Å². The van der Waals surface area contributed by atoms with Crippen molar-refractivity contribution in [3.05, 3.63) is 47.4 Å². The van der Waals surface area contributed by atoms with E-state index in [9.17, 15) is 13.2 Å². The Kier molecular flexibility index (Phi) is 4.95. The van der Waals surface area contributed by atoms with Gasteiger partial charge in [-0.1, -0.05) is 17.7 Å². The van der Waals surface area contributed by atoms with E-state index in [-0.39, 0.29) is 6.61 Å². The lowest BCUT2D eigenvalue weighted by atomic mass is 10.0. The van der Waals surface area contributed by atoms with E-state index in [1.54, 1.807) is 0 Å². The molecule has 1 aromatic heterocycles. The molecule has 2 aromatic rings. The van der Waals surface area contributed by atoms with Crippen LogP contribution in [0.4, 0.5) is 13.2 Å².